The predicted octanol–water partition coefficient (Wildman–Crippen LogP) is 20.5. The number of esters is 4. The van der Waals surface area contributed by atoms with Crippen LogP contribution < -0.4 is 0 Å². The molecule has 0 N–H and O–H groups in total. The zero-order valence-electron chi connectivity index (χ0n) is 87.7. The monoisotopic (exact) mass is 2000 g/mol. The fourth-order valence-electron chi connectivity index (χ4n) is 13.8. The topological polar surface area (TPSA) is 332 Å². The van der Waals surface area contributed by atoms with Crippen LogP contribution in [0, 0.1) is 42.9 Å². The SMILES string of the molecule is CC(C)(C)OC(=O)N1C(=O)CC[C@H]1CO[Si](C)(C)C(C)(C)C.CC1C[C@H]2CO[C@H](c3ccccc3)N2C1=O.COC(=O)C(C)C[C@@H](C)C(=O)OC(C)(C)C.COC(=O)CC[C@H](C)C(=O)OC(C)(C)C.C[C@@H]1C[C@@H](CO[Si](C)(C)C(C)(C)C)N(C(=O)OC(C)(C)C)C1=O.C[C@H]1C[C@@H](CO[Si](C)(C)C(C)(C)C)N(C(=O)OC(C)(C)C)C1=O.O=C1CC[C@H]2CO[C@H](c3ccccc3)N12.[CH3-].[Pd]. The number of carbonyl (C=O) groups is 12. The van der Waals surface area contributed by atoms with Crippen molar-refractivity contribution in [1.29, 1.82) is 0 Å². The molecular weight excluding hydrogens is 1830 g/mol. The maximum atomic E-state index is 12.4. The zero-order chi connectivity index (χ0) is 100. The van der Waals surface area contributed by atoms with Crippen molar-refractivity contribution in [1.82, 2.24) is 24.5 Å². The van der Waals surface area contributed by atoms with E-state index in [1.165, 1.54) is 28.9 Å². The van der Waals surface area contributed by atoms with Gasteiger partial charge in [-0.2, -0.15) is 0 Å². The van der Waals surface area contributed by atoms with Gasteiger partial charge in [0.15, 0.2) is 37.4 Å². The molecule has 0 radical (unpaired) electrons. The summed E-state index contributed by atoms with van der Waals surface area (Å²) in [7, 11) is -3.05. The Bertz CT molecular complexity index is 3970. The van der Waals surface area contributed by atoms with Crippen molar-refractivity contribution >= 4 is 96.6 Å². The van der Waals surface area contributed by atoms with E-state index in [0.29, 0.717) is 84.0 Å². The third-order valence-electron chi connectivity index (χ3n) is 24.3. The fraction of sp³-hybridized carbons (Fsp3) is 0.747. The van der Waals surface area contributed by atoms with Gasteiger partial charge in [0.05, 0.1) is 95.2 Å². The Morgan fingerprint density at radius 3 is 1.08 bits per heavy atom. The van der Waals surface area contributed by atoms with Crippen molar-refractivity contribution in [3.05, 3.63) is 79.2 Å². The van der Waals surface area contributed by atoms with Crippen LogP contribution in [0.2, 0.25) is 54.4 Å². The van der Waals surface area contributed by atoms with Crippen molar-refractivity contribution in [3.8, 4) is 0 Å². The smallest absolute Gasteiger partial charge is 0.417 e. The number of fused-ring (bicyclic) bond motifs is 2. The maximum Gasteiger partial charge on any atom is 0.417 e. The van der Waals surface area contributed by atoms with Crippen molar-refractivity contribution in [2.24, 2.45) is 35.5 Å². The Morgan fingerprint density at radius 2 is 0.727 bits per heavy atom. The summed E-state index contributed by atoms with van der Waals surface area (Å²) in [6, 6.07) is 19.8. The van der Waals surface area contributed by atoms with E-state index in [0.717, 1.165) is 24.0 Å². The quantitative estimate of drug-likeness (QED) is 0.0546. The first kappa shape index (κ1) is 123. The van der Waals surface area contributed by atoms with E-state index in [9.17, 15) is 57.5 Å². The summed E-state index contributed by atoms with van der Waals surface area (Å²) >= 11 is 0. The van der Waals surface area contributed by atoms with Crippen LogP contribution in [0.25, 0.3) is 0 Å². The molecule has 2 aromatic carbocycles. The van der Waals surface area contributed by atoms with Crippen molar-refractivity contribution < 1.29 is 134 Å². The van der Waals surface area contributed by atoms with Gasteiger partial charge in [0.2, 0.25) is 29.5 Å². The van der Waals surface area contributed by atoms with E-state index in [-0.39, 0.29) is 175 Å². The summed E-state index contributed by atoms with van der Waals surface area (Å²) in [6.07, 6.45) is 4.01. The second kappa shape index (κ2) is 51.0. The molecule has 0 aliphatic carbocycles. The molecule has 7 saturated heterocycles. The maximum absolute atomic E-state index is 12.4. The number of amides is 8. The first-order valence-electron chi connectivity index (χ1n) is 46.3. The molecule has 2 aromatic rings. The summed E-state index contributed by atoms with van der Waals surface area (Å²) in [4.78, 5) is 150. The molecule has 8 amide bonds. The normalized spacial score (nSPS) is 22.3. The van der Waals surface area contributed by atoms with Crippen LogP contribution in [-0.4, -0.2) is 227 Å². The molecular formula is C99H170N5O24PdSi3-. The number of methoxy groups -OCH3 is 2. The number of rotatable bonds is 19. The van der Waals surface area contributed by atoms with E-state index in [1.807, 2.05) is 133 Å². The summed E-state index contributed by atoms with van der Waals surface area (Å²) in [5.74, 6) is -2.22. The van der Waals surface area contributed by atoms with Crippen molar-refractivity contribution in [3.63, 3.8) is 0 Å². The van der Waals surface area contributed by atoms with Crippen LogP contribution in [0.4, 0.5) is 14.4 Å². The minimum Gasteiger partial charge on any atom is -0.469 e. The number of benzene rings is 2. The molecule has 7 aliphatic rings. The molecule has 7 heterocycles. The van der Waals surface area contributed by atoms with Crippen LogP contribution in [0.5, 0.6) is 0 Å². The number of likely N-dealkylation sites (tertiary alicyclic amines) is 3. The van der Waals surface area contributed by atoms with Gasteiger partial charge in [-0.05, 0) is 203 Å². The molecule has 758 valence electrons. The molecule has 33 heteroatoms. The Kier molecular flexibility index (Phi) is 47.6. The molecule has 13 atom stereocenters. The Labute approximate surface area is 809 Å². The van der Waals surface area contributed by atoms with E-state index in [4.69, 9.17) is 46.4 Å². The molecule has 0 aromatic heterocycles. The molecule has 132 heavy (non-hydrogen) atoms. The van der Waals surface area contributed by atoms with Gasteiger partial charge in [0, 0.05) is 68.6 Å². The van der Waals surface area contributed by atoms with Gasteiger partial charge in [-0.15, -0.1) is 0 Å². The number of imide groups is 3. The molecule has 2 unspecified atom stereocenters. The molecule has 0 saturated carbocycles. The number of nitrogens with zero attached hydrogens (tertiary/aromatic N) is 5. The minimum absolute atomic E-state index is 0. The third-order valence-corrected chi connectivity index (χ3v) is 37.8. The zero-order valence-corrected chi connectivity index (χ0v) is 92.3. The molecule has 29 nitrogen and oxygen atoms in total. The second-order valence-corrected chi connectivity index (χ2v) is 59.4. The van der Waals surface area contributed by atoms with Gasteiger partial charge in [-0.3, -0.25) is 43.2 Å². The van der Waals surface area contributed by atoms with E-state index in [1.54, 1.807) is 83.1 Å². The summed E-state index contributed by atoms with van der Waals surface area (Å²) in [5.41, 5.74) is -0.647. The second-order valence-electron chi connectivity index (χ2n) is 45.0. The standard InChI is InChI=1S/2C17H33NO4Si.C16H31NO4Si.C13H15NO2.C12H13NO2.C12H22O4.C11H20O4.CH3.Pd/c2*1-12-10-13(11-21-23(8,9)17(5,6)7)18(14(12)19)15(20)22-16(2,3)4;1-15(2,3)21-14(19)17-12(9-10-13(17)18)11-20-22(7,8)16(4,5)6;1-9-7-11-8-16-13(14(11)12(9)15)10-5-3-2-4-6-10;14-11-7-6-10-8-15-12(13(10)11)9-4-2-1-3-5-9;1-8(10(13)15-6)7-9(2)11(14)16-12(3,4)5;1-8(6-7-9(12)14-5)10(13)15-11(2,3)4;;/h2*12-13H,10-11H2,1-9H3;12H,9-11H2,1-8H3;2-6,9,11,13H,7-8H2,1H3;1-5,10,12H,6-8H2;8-9H,7H2,1-6H3;8H,6-7H2,1-5H3;1H3;/q;;;;;;;-1;/t12-,13+;12-,13-;12-;9?,11-,13+;10-,12+;8?,9-;8-;;/m1000010../s1. The number of ether oxygens (including phenoxy) is 9. The Hall–Kier alpha value is -6.81. The number of hydrogen-bond donors (Lipinski definition) is 0. The summed E-state index contributed by atoms with van der Waals surface area (Å²) in [6.45, 7) is 73.2. The van der Waals surface area contributed by atoms with Crippen LogP contribution in [0.15, 0.2) is 60.7 Å². The average molecular weight is 2010 g/mol. The van der Waals surface area contributed by atoms with E-state index in [2.05, 4.69) is 111 Å². The minimum atomic E-state index is -1.92. The van der Waals surface area contributed by atoms with E-state index >= 15 is 0 Å². The molecule has 7 fully saturated rings. The molecule has 0 bridgehead atoms. The van der Waals surface area contributed by atoms with Gasteiger partial charge < -0.3 is 73.1 Å². The first-order chi connectivity index (χ1) is 59.1. The predicted molar refractivity (Wildman–Crippen MR) is 515 cm³/mol. The molecule has 9 rings (SSSR count). The van der Waals surface area contributed by atoms with Gasteiger partial charge in [-0.25, -0.2) is 29.1 Å². The molecule has 7 aliphatic heterocycles. The van der Waals surface area contributed by atoms with E-state index < -0.39 is 71.2 Å². The van der Waals surface area contributed by atoms with Crippen molar-refractivity contribution in [2.45, 2.75) is 397 Å². The van der Waals surface area contributed by atoms with Crippen LogP contribution >= 0.6 is 0 Å². The van der Waals surface area contributed by atoms with Gasteiger partial charge in [0.25, 0.3) is 0 Å². The fourth-order valence-corrected chi connectivity index (χ4v) is 17.0. The van der Waals surface area contributed by atoms with Gasteiger partial charge >= 0.3 is 42.2 Å². The van der Waals surface area contributed by atoms with Crippen LogP contribution in [0.1, 0.15) is 296 Å². The Morgan fingerprint density at radius 1 is 0.402 bits per heavy atom. The number of carbonyl (C=O) groups excluding carboxylic acids is 12. The Balaban J connectivity index is 0.000000773. The van der Waals surface area contributed by atoms with Gasteiger partial charge in [0.1, 0.15) is 28.0 Å². The summed E-state index contributed by atoms with van der Waals surface area (Å²) in [5, 5.41) is 0.294. The first-order valence-corrected chi connectivity index (χ1v) is 55.0. The van der Waals surface area contributed by atoms with Crippen LogP contribution in [-0.2, 0) is 119 Å². The number of hydrogen-bond acceptors (Lipinski definition) is 24. The molecule has 0 spiro atoms. The third kappa shape index (κ3) is 39.4. The summed E-state index contributed by atoms with van der Waals surface area (Å²) < 4.78 is 65.6. The van der Waals surface area contributed by atoms with Gasteiger partial charge in [-0.1, -0.05) is 165 Å². The largest absolute Gasteiger partial charge is 0.469 e. The van der Waals surface area contributed by atoms with Crippen molar-refractivity contribution in [2.75, 3.05) is 47.3 Å². The average Bonchev–Trinajstić information content (AvgIpc) is 1.61. The van der Waals surface area contributed by atoms with Crippen LogP contribution in [0.3, 0.4) is 0 Å².